The molecule has 1 aromatic carbocycles. The van der Waals surface area contributed by atoms with Crippen LogP contribution in [-0.4, -0.2) is 19.1 Å². The minimum Gasteiger partial charge on any atom is -0.465 e. The number of carbonyl (C=O) groups is 1. The Balaban J connectivity index is 2.58. The molecule has 0 fully saturated rings. The second kappa shape index (κ2) is 6.62. The van der Waals surface area contributed by atoms with Gasteiger partial charge in [-0.05, 0) is 12.1 Å². The first-order valence-electron chi connectivity index (χ1n) is 5.70. The van der Waals surface area contributed by atoms with Gasteiger partial charge in [0.25, 0.3) is 0 Å². The van der Waals surface area contributed by atoms with Crippen molar-refractivity contribution in [2.75, 3.05) is 7.11 Å². The van der Waals surface area contributed by atoms with Crippen LogP contribution in [0.2, 0.25) is 5.02 Å². The summed E-state index contributed by atoms with van der Waals surface area (Å²) >= 11 is 5.81. The molecule has 0 saturated heterocycles. The lowest BCUT2D eigenvalue weighted by Gasteiger charge is -2.16. The Kier molecular flexibility index (Phi) is 5.45. The van der Waals surface area contributed by atoms with Gasteiger partial charge in [-0.2, -0.15) is 0 Å². The van der Waals surface area contributed by atoms with E-state index in [1.165, 1.54) is 7.11 Å². The first kappa shape index (κ1) is 14.0. The summed E-state index contributed by atoms with van der Waals surface area (Å²) in [5.41, 5.74) is 1.14. The summed E-state index contributed by atoms with van der Waals surface area (Å²) in [6.45, 7) is 4.77. The number of esters is 1. The van der Waals surface area contributed by atoms with Gasteiger partial charge in [-0.3, -0.25) is 0 Å². The number of halogens is 1. The van der Waals surface area contributed by atoms with E-state index in [0.717, 1.165) is 17.1 Å². The maximum absolute atomic E-state index is 11.6. The van der Waals surface area contributed by atoms with Gasteiger partial charge in [0.1, 0.15) is 6.54 Å². The molecule has 0 aliphatic heterocycles. The topological polar surface area (TPSA) is 42.9 Å². The molecular weight excluding hydrogens is 238 g/mol. The van der Waals surface area contributed by atoms with Crippen LogP contribution in [0, 0.1) is 5.92 Å². The van der Waals surface area contributed by atoms with E-state index in [4.69, 9.17) is 16.3 Å². The molecule has 2 N–H and O–H groups in total. The summed E-state index contributed by atoms with van der Waals surface area (Å²) in [7, 11) is 1.42. The molecule has 0 aliphatic rings. The molecule has 0 amide bonds. The zero-order valence-electron chi connectivity index (χ0n) is 10.4. The van der Waals surface area contributed by atoms with Crippen LogP contribution in [-0.2, 0) is 16.1 Å². The highest BCUT2D eigenvalue weighted by Gasteiger charge is 2.26. The minimum atomic E-state index is -0.172. The van der Waals surface area contributed by atoms with Gasteiger partial charge in [0, 0.05) is 16.5 Å². The Morgan fingerprint density at radius 1 is 1.35 bits per heavy atom. The smallest absolute Gasteiger partial charge is 0.364 e. The Hall–Kier alpha value is -1.06. The van der Waals surface area contributed by atoms with Crippen LogP contribution in [0.1, 0.15) is 19.4 Å². The summed E-state index contributed by atoms with van der Waals surface area (Å²) in [6, 6.07) is 7.48. The molecule has 1 atom stereocenters. The van der Waals surface area contributed by atoms with Crippen LogP contribution in [0.25, 0.3) is 0 Å². The molecule has 17 heavy (non-hydrogen) atoms. The molecule has 3 nitrogen and oxygen atoms in total. The van der Waals surface area contributed by atoms with Gasteiger partial charge in [0.05, 0.1) is 7.11 Å². The third-order valence-electron chi connectivity index (χ3n) is 2.71. The van der Waals surface area contributed by atoms with Crippen molar-refractivity contribution in [3.8, 4) is 0 Å². The van der Waals surface area contributed by atoms with E-state index in [1.807, 2.05) is 43.4 Å². The number of hydrogen-bond acceptors (Lipinski definition) is 2. The van der Waals surface area contributed by atoms with E-state index < -0.39 is 0 Å². The predicted octanol–water partition coefficient (Wildman–Crippen LogP) is 1.60. The van der Waals surface area contributed by atoms with Crippen LogP contribution in [0.5, 0.6) is 0 Å². The van der Waals surface area contributed by atoms with Gasteiger partial charge < -0.3 is 10.1 Å². The average Bonchev–Trinajstić information content (AvgIpc) is 2.31. The van der Waals surface area contributed by atoms with Crippen LogP contribution < -0.4 is 5.32 Å². The number of hydrogen-bond donors (Lipinski definition) is 1. The van der Waals surface area contributed by atoms with Crippen LogP contribution in [0.3, 0.4) is 0 Å². The number of carbonyl (C=O) groups excluding carboxylic acids is 1. The van der Waals surface area contributed by atoms with Crippen molar-refractivity contribution in [2.45, 2.75) is 26.4 Å². The van der Waals surface area contributed by atoms with Crippen LogP contribution >= 0.6 is 11.6 Å². The molecular formula is C13H19ClNO2+. The van der Waals surface area contributed by atoms with Crippen molar-refractivity contribution >= 4 is 17.6 Å². The Labute approximate surface area is 107 Å². The zero-order chi connectivity index (χ0) is 12.8. The summed E-state index contributed by atoms with van der Waals surface area (Å²) in [5, 5.41) is 2.72. The third kappa shape index (κ3) is 4.36. The van der Waals surface area contributed by atoms with Gasteiger partial charge in [-0.25, -0.2) is 4.79 Å². The Morgan fingerprint density at radius 3 is 2.41 bits per heavy atom. The predicted molar refractivity (Wildman–Crippen MR) is 67.7 cm³/mol. The first-order valence-corrected chi connectivity index (χ1v) is 6.08. The number of methoxy groups -OCH3 is 1. The van der Waals surface area contributed by atoms with Crippen molar-refractivity contribution in [1.29, 1.82) is 0 Å². The third-order valence-corrected chi connectivity index (χ3v) is 2.96. The summed E-state index contributed by atoms with van der Waals surface area (Å²) < 4.78 is 4.79. The lowest BCUT2D eigenvalue weighted by Crippen LogP contribution is -2.91. The highest BCUT2D eigenvalue weighted by atomic mass is 35.5. The standard InChI is InChI=1S/C13H18ClNO2/c1-9(2)12(13(16)17-3)15-8-10-4-6-11(14)7-5-10/h4-7,9,12,15H,8H2,1-3H3/p+1/t12-/m0/s1. The fourth-order valence-electron chi connectivity index (χ4n) is 1.66. The quantitative estimate of drug-likeness (QED) is 0.814. The van der Waals surface area contributed by atoms with Gasteiger partial charge in [-0.15, -0.1) is 0 Å². The number of ether oxygens (including phenoxy) is 1. The first-order chi connectivity index (χ1) is 8.04. The van der Waals surface area contributed by atoms with E-state index in [1.54, 1.807) is 0 Å². The number of benzene rings is 1. The Morgan fingerprint density at radius 2 is 1.94 bits per heavy atom. The van der Waals surface area contributed by atoms with Gasteiger partial charge in [0.2, 0.25) is 0 Å². The highest BCUT2D eigenvalue weighted by Crippen LogP contribution is 2.08. The van der Waals surface area contributed by atoms with Crippen molar-refractivity contribution in [2.24, 2.45) is 5.92 Å². The maximum Gasteiger partial charge on any atom is 0.364 e. The summed E-state index contributed by atoms with van der Waals surface area (Å²) in [5.74, 6) is 0.0729. The summed E-state index contributed by atoms with van der Waals surface area (Å²) in [6.07, 6.45) is 0. The molecule has 1 rings (SSSR count). The largest absolute Gasteiger partial charge is 0.465 e. The normalized spacial score (nSPS) is 12.5. The molecule has 0 bridgehead atoms. The Bertz CT molecular complexity index is 362. The van der Waals surface area contributed by atoms with Gasteiger partial charge in [0.15, 0.2) is 6.04 Å². The van der Waals surface area contributed by atoms with E-state index >= 15 is 0 Å². The van der Waals surface area contributed by atoms with Crippen molar-refractivity contribution in [3.05, 3.63) is 34.9 Å². The maximum atomic E-state index is 11.6. The molecule has 94 valence electrons. The van der Waals surface area contributed by atoms with Gasteiger partial charge >= 0.3 is 5.97 Å². The molecule has 1 aromatic rings. The second-order valence-electron chi connectivity index (χ2n) is 4.36. The van der Waals surface area contributed by atoms with Crippen LogP contribution in [0.4, 0.5) is 0 Å². The van der Waals surface area contributed by atoms with Crippen molar-refractivity contribution < 1.29 is 14.8 Å². The van der Waals surface area contributed by atoms with E-state index in [2.05, 4.69) is 0 Å². The molecule has 0 unspecified atom stereocenters. The second-order valence-corrected chi connectivity index (χ2v) is 4.80. The fraction of sp³-hybridized carbons (Fsp3) is 0.462. The summed E-state index contributed by atoms with van der Waals surface area (Å²) in [4.78, 5) is 11.6. The fourth-order valence-corrected chi connectivity index (χ4v) is 1.79. The van der Waals surface area contributed by atoms with Crippen molar-refractivity contribution in [3.63, 3.8) is 0 Å². The minimum absolute atomic E-state index is 0.157. The highest BCUT2D eigenvalue weighted by molar-refractivity contribution is 6.30. The van der Waals surface area contributed by atoms with Crippen LogP contribution in [0.15, 0.2) is 24.3 Å². The zero-order valence-corrected chi connectivity index (χ0v) is 11.2. The molecule has 0 aliphatic carbocycles. The van der Waals surface area contributed by atoms with E-state index in [9.17, 15) is 4.79 Å². The van der Waals surface area contributed by atoms with E-state index in [0.29, 0.717) is 0 Å². The molecule has 0 saturated carbocycles. The lowest BCUT2D eigenvalue weighted by atomic mass is 10.0. The molecule has 0 aromatic heterocycles. The molecule has 0 spiro atoms. The van der Waals surface area contributed by atoms with E-state index in [-0.39, 0.29) is 17.9 Å². The van der Waals surface area contributed by atoms with Gasteiger partial charge in [-0.1, -0.05) is 37.6 Å². The average molecular weight is 257 g/mol. The molecule has 0 heterocycles. The number of rotatable bonds is 5. The number of nitrogens with two attached hydrogens (primary N) is 1. The SMILES string of the molecule is COC(=O)[C@@H]([NH2+]Cc1ccc(Cl)cc1)C(C)C. The van der Waals surface area contributed by atoms with Crippen molar-refractivity contribution in [1.82, 2.24) is 0 Å². The molecule has 4 heteroatoms. The monoisotopic (exact) mass is 256 g/mol. The molecule has 0 radical (unpaired) electrons. The number of quaternary nitrogens is 1. The lowest BCUT2D eigenvalue weighted by molar-refractivity contribution is -0.698.